The molecule has 3 rings (SSSR count). The van der Waals surface area contributed by atoms with E-state index < -0.39 is 6.04 Å². The largest absolute Gasteiger partial charge is 0.497 e. The normalized spacial score (nSPS) is 16.2. The molecular formula is C28H38N2O4. The lowest BCUT2D eigenvalue weighted by molar-refractivity contribution is -0.154. The second kappa shape index (κ2) is 12.4. The van der Waals surface area contributed by atoms with Crippen LogP contribution in [0.2, 0.25) is 0 Å². The van der Waals surface area contributed by atoms with Gasteiger partial charge in [0.1, 0.15) is 17.5 Å². The molecule has 0 saturated carbocycles. The van der Waals surface area contributed by atoms with Gasteiger partial charge < -0.3 is 19.3 Å². The van der Waals surface area contributed by atoms with Crippen molar-refractivity contribution in [2.24, 2.45) is 0 Å². The number of unbranched alkanes of at least 4 members (excludes halogenated alkanes) is 5. The van der Waals surface area contributed by atoms with E-state index in [4.69, 9.17) is 9.47 Å². The second-order valence-electron chi connectivity index (χ2n) is 9.05. The Hall–Kier alpha value is -3.02. The predicted molar refractivity (Wildman–Crippen MR) is 135 cm³/mol. The van der Waals surface area contributed by atoms with Gasteiger partial charge in [-0.2, -0.15) is 0 Å². The van der Waals surface area contributed by atoms with Crippen molar-refractivity contribution in [1.82, 2.24) is 9.80 Å². The van der Waals surface area contributed by atoms with Gasteiger partial charge in [0.05, 0.1) is 20.8 Å². The Labute approximate surface area is 203 Å². The highest BCUT2D eigenvalue weighted by Crippen LogP contribution is 2.30. The number of hydrogen-bond acceptors (Lipinski definition) is 4. The van der Waals surface area contributed by atoms with Gasteiger partial charge in [-0.05, 0) is 35.2 Å². The van der Waals surface area contributed by atoms with E-state index >= 15 is 0 Å². The fourth-order valence-corrected chi connectivity index (χ4v) is 4.43. The molecule has 0 aliphatic carbocycles. The van der Waals surface area contributed by atoms with Crippen LogP contribution in [0, 0.1) is 0 Å². The zero-order chi connectivity index (χ0) is 24.5. The molecule has 2 aromatic rings. The third-order valence-electron chi connectivity index (χ3n) is 6.63. The summed E-state index contributed by atoms with van der Waals surface area (Å²) in [6.07, 6.45) is 7.49. The Kier molecular flexibility index (Phi) is 9.37. The topological polar surface area (TPSA) is 59.1 Å². The molecule has 1 aliphatic heterocycles. The van der Waals surface area contributed by atoms with E-state index in [-0.39, 0.29) is 18.4 Å². The van der Waals surface area contributed by atoms with Crippen molar-refractivity contribution in [3.8, 4) is 22.6 Å². The lowest BCUT2D eigenvalue weighted by Crippen LogP contribution is -2.59. The number of hydrogen-bond donors (Lipinski definition) is 0. The molecule has 0 radical (unpaired) electrons. The van der Waals surface area contributed by atoms with Gasteiger partial charge in [-0.3, -0.25) is 9.59 Å². The second-order valence-corrected chi connectivity index (χ2v) is 9.05. The van der Waals surface area contributed by atoms with Crippen LogP contribution in [0.15, 0.2) is 42.5 Å². The minimum Gasteiger partial charge on any atom is -0.497 e. The Bertz CT molecular complexity index is 935. The number of methoxy groups -OCH3 is 2. The molecule has 6 nitrogen and oxygen atoms in total. The fourth-order valence-electron chi connectivity index (χ4n) is 4.43. The number of carbonyl (C=O) groups is 2. The van der Waals surface area contributed by atoms with E-state index in [1.54, 1.807) is 31.1 Å². The van der Waals surface area contributed by atoms with Crippen molar-refractivity contribution in [1.29, 1.82) is 0 Å². The van der Waals surface area contributed by atoms with E-state index in [1.807, 2.05) is 42.5 Å². The molecule has 1 fully saturated rings. The van der Waals surface area contributed by atoms with Gasteiger partial charge in [0.15, 0.2) is 0 Å². The standard InChI is InChI=1S/C28H38N2O4/c1-5-6-7-8-9-10-15-30-20-27(31)29(2)26(28(30)32)16-21-11-13-22(14-12-21)23-17-24(33-3)19-25(18-23)34-4/h11-14,17-19,26H,5-10,15-16,20H2,1-4H3/t26-/m0/s1. The molecule has 6 heteroatoms. The number of amides is 2. The van der Waals surface area contributed by atoms with E-state index in [2.05, 4.69) is 6.92 Å². The van der Waals surface area contributed by atoms with Crippen molar-refractivity contribution in [3.05, 3.63) is 48.0 Å². The summed E-state index contributed by atoms with van der Waals surface area (Å²) in [7, 11) is 5.01. The number of benzene rings is 2. The van der Waals surface area contributed by atoms with Crippen molar-refractivity contribution in [2.45, 2.75) is 57.9 Å². The lowest BCUT2D eigenvalue weighted by Gasteiger charge is -2.38. The molecule has 1 atom stereocenters. The van der Waals surface area contributed by atoms with Crippen LogP contribution in [0.4, 0.5) is 0 Å². The third kappa shape index (κ3) is 6.52. The Balaban J connectivity index is 1.65. The highest BCUT2D eigenvalue weighted by atomic mass is 16.5. The van der Waals surface area contributed by atoms with Crippen LogP contribution in [0.25, 0.3) is 11.1 Å². The summed E-state index contributed by atoms with van der Waals surface area (Å²) < 4.78 is 10.8. The monoisotopic (exact) mass is 466 g/mol. The molecular weight excluding hydrogens is 428 g/mol. The first-order valence-corrected chi connectivity index (χ1v) is 12.3. The summed E-state index contributed by atoms with van der Waals surface area (Å²) in [5.74, 6) is 1.53. The van der Waals surface area contributed by atoms with Gasteiger partial charge in [-0.1, -0.05) is 63.3 Å². The SMILES string of the molecule is CCCCCCCCN1CC(=O)N(C)[C@@H](Cc2ccc(-c3cc(OC)cc(OC)c3)cc2)C1=O. The van der Waals surface area contributed by atoms with Crippen LogP contribution < -0.4 is 9.47 Å². The minimum absolute atomic E-state index is 0.00989. The van der Waals surface area contributed by atoms with Crippen molar-refractivity contribution in [3.63, 3.8) is 0 Å². The minimum atomic E-state index is -0.455. The Morgan fingerprint density at radius 1 is 0.853 bits per heavy atom. The number of nitrogens with zero attached hydrogens (tertiary/aromatic N) is 2. The van der Waals surface area contributed by atoms with Gasteiger partial charge >= 0.3 is 0 Å². The van der Waals surface area contributed by atoms with E-state index in [9.17, 15) is 9.59 Å². The number of ether oxygens (including phenoxy) is 2. The molecule has 2 amide bonds. The molecule has 0 bridgehead atoms. The van der Waals surface area contributed by atoms with Crippen LogP contribution in [0.5, 0.6) is 11.5 Å². The van der Waals surface area contributed by atoms with Crippen LogP contribution >= 0.6 is 0 Å². The molecule has 1 heterocycles. The van der Waals surface area contributed by atoms with Crippen LogP contribution in [-0.4, -0.2) is 62.0 Å². The van der Waals surface area contributed by atoms with E-state index in [0.717, 1.165) is 41.0 Å². The molecule has 1 aliphatic rings. The molecule has 0 N–H and O–H groups in total. The van der Waals surface area contributed by atoms with Gasteiger partial charge in [-0.25, -0.2) is 0 Å². The summed E-state index contributed by atoms with van der Waals surface area (Å²) in [4.78, 5) is 29.1. The number of carbonyl (C=O) groups excluding carboxylic acids is 2. The average Bonchev–Trinajstić information content (AvgIpc) is 2.86. The van der Waals surface area contributed by atoms with E-state index in [0.29, 0.717) is 13.0 Å². The molecule has 184 valence electrons. The fraction of sp³-hybridized carbons (Fsp3) is 0.500. The number of piperazine rings is 1. The number of rotatable bonds is 12. The Morgan fingerprint density at radius 2 is 1.47 bits per heavy atom. The van der Waals surface area contributed by atoms with Crippen LogP contribution in [0.1, 0.15) is 51.0 Å². The van der Waals surface area contributed by atoms with Crippen molar-refractivity contribution < 1.29 is 19.1 Å². The predicted octanol–water partition coefficient (Wildman–Crippen LogP) is 4.94. The maximum absolute atomic E-state index is 13.2. The molecule has 0 aromatic heterocycles. The Morgan fingerprint density at radius 3 is 2.09 bits per heavy atom. The third-order valence-corrected chi connectivity index (χ3v) is 6.63. The summed E-state index contributed by atoms with van der Waals surface area (Å²) >= 11 is 0. The van der Waals surface area contributed by atoms with Crippen molar-refractivity contribution >= 4 is 11.8 Å². The summed E-state index contributed by atoms with van der Waals surface area (Å²) in [6, 6.07) is 13.4. The molecule has 0 spiro atoms. The first-order valence-electron chi connectivity index (χ1n) is 12.3. The van der Waals surface area contributed by atoms with E-state index in [1.165, 1.54) is 25.7 Å². The van der Waals surface area contributed by atoms with Crippen LogP contribution in [0.3, 0.4) is 0 Å². The zero-order valence-corrected chi connectivity index (χ0v) is 21.0. The van der Waals surface area contributed by atoms with Crippen LogP contribution in [-0.2, 0) is 16.0 Å². The first kappa shape index (κ1) is 25.6. The van der Waals surface area contributed by atoms with Gasteiger partial charge in [0, 0.05) is 26.1 Å². The zero-order valence-electron chi connectivity index (χ0n) is 21.0. The summed E-state index contributed by atoms with van der Waals surface area (Å²) in [5, 5.41) is 0. The molecule has 2 aromatic carbocycles. The average molecular weight is 467 g/mol. The molecule has 0 unspecified atom stereocenters. The maximum atomic E-state index is 13.2. The molecule has 34 heavy (non-hydrogen) atoms. The summed E-state index contributed by atoms with van der Waals surface area (Å²) in [6.45, 7) is 3.06. The highest BCUT2D eigenvalue weighted by molar-refractivity contribution is 5.94. The lowest BCUT2D eigenvalue weighted by atomic mass is 9.98. The van der Waals surface area contributed by atoms with Gasteiger partial charge in [-0.15, -0.1) is 0 Å². The highest BCUT2D eigenvalue weighted by Gasteiger charge is 2.36. The quantitative estimate of drug-likeness (QED) is 0.416. The summed E-state index contributed by atoms with van der Waals surface area (Å²) in [5.41, 5.74) is 3.05. The molecule has 1 saturated heterocycles. The maximum Gasteiger partial charge on any atom is 0.246 e. The smallest absolute Gasteiger partial charge is 0.246 e. The first-order chi connectivity index (χ1) is 16.5. The van der Waals surface area contributed by atoms with Gasteiger partial charge in [0.25, 0.3) is 0 Å². The number of likely N-dealkylation sites (N-methyl/N-ethyl adjacent to an activating group) is 1. The van der Waals surface area contributed by atoms with Gasteiger partial charge in [0.2, 0.25) is 11.8 Å². The van der Waals surface area contributed by atoms with Crippen molar-refractivity contribution in [2.75, 3.05) is 34.4 Å².